The Bertz CT molecular complexity index is 1810. The van der Waals surface area contributed by atoms with Gasteiger partial charge >= 0.3 is 12.1 Å². The standard InChI is InChI=1S/C34H35N7O4/c1-2-3-8-23-21-32(41(39-23)24-11-13-25(42)14-12-24)38-33(43)36-29-15-16-30(28-10-5-4-9-27(28)29)45-26-17-18-35-31(22-26)37-34(44)40-19-6-7-20-40/h4-5,9-18,21-22,42H,2-3,6-8,19-20H2,1H3,(H,35,37,44)(H2,36,38,43). The van der Waals surface area contributed by atoms with Crippen molar-refractivity contribution in [2.75, 3.05) is 29.0 Å². The van der Waals surface area contributed by atoms with Crippen molar-refractivity contribution in [1.82, 2.24) is 19.7 Å². The highest BCUT2D eigenvalue weighted by Crippen LogP contribution is 2.35. The number of carbonyl (C=O) groups excluding carboxylic acids is 2. The van der Waals surface area contributed by atoms with E-state index in [2.05, 4.69) is 27.9 Å². The van der Waals surface area contributed by atoms with E-state index >= 15 is 0 Å². The summed E-state index contributed by atoms with van der Waals surface area (Å²) in [5, 5.41) is 24.8. The van der Waals surface area contributed by atoms with Crippen LogP contribution >= 0.6 is 0 Å². The normalized spacial score (nSPS) is 12.7. The first-order valence-corrected chi connectivity index (χ1v) is 15.1. The second-order valence-corrected chi connectivity index (χ2v) is 10.9. The van der Waals surface area contributed by atoms with Gasteiger partial charge in [0, 0.05) is 42.2 Å². The summed E-state index contributed by atoms with van der Waals surface area (Å²) in [7, 11) is 0. The molecule has 11 nitrogen and oxygen atoms in total. The number of pyridine rings is 1. The number of carbonyl (C=O) groups is 2. The van der Waals surface area contributed by atoms with E-state index in [-0.39, 0.29) is 11.8 Å². The number of phenolic OH excluding ortho intramolecular Hbond substituents is 1. The number of nitrogens with zero attached hydrogens (tertiary/aromatic N) is 4. The number of fused-ring (bicyclic) bond motifs is 1. The molecule has 3 heterocycles. The third kappa shape index (κ3) is 6.98. The Labute approximate surface area is 260 Å². The molecule has 2 aromatic heterocycles. The summed E-state index contributed by atoms with van der Waals surface area (Å²) in [5.41, 5.74) is 2.18. The molecule has 45 heavy (non-hydrogen) atoms. The smallest absolute Gasteiger partial charge is 0.324 e. The fraction of sp³-hybridized carbons (Fsp3) is 0.235. The second kappa shape index (κ2) is 13.4. The van der Waals surface area contributed by atoms with Crippen LogP contribution in [-0.4, -0.2) is 49.9 Å². The summed E-state index contributed by atoms with van der Waals surface area (Å²) in [5.74, 6) is 2.18. The Morgan fingerprint density at radius 2 is 1.69 bits per heavy atom. The molecule has 4 amide bonds. The minimum absolute atomic E-state index is 0.150. The lowest BCUT2D eigenvalue weighted by atomic mass is 10.1. The van der Waals surface area contributed by atoms with Gasteiger partial charge in [-0.2, -0.15) is 5.10 Å². The third-order valence-corrected chi connectivity index (χ3v) is 7.60. The monoisotopic (exact) mass is 605 g/mol. The molecule has 1 fully saturated rings. The molecule has 1 saturated heterocycles. The summed E-state index contributed by atoms with van der Waals surface area (Å²) in [6, 6.07) is 22.6. The van der Waals surface area contributed by atoms with E-state index in [4.69, 9.17) is 9.84 Å². The third-order valence-electron chi connectivity index (χ3n) is 7.60. The zero-order valence-electron chi connectivity index (χ0n) is 25.0. The van der Waals surface area contributed by atoms with Crippen molar-refractivity contribution >= 4 is 40.2 Å². The summed E-state index contributed by atoms with van der Waals surface area (Å²) < 4.78 is 7.90. The molecule has 0 saturated carbocycles. The van der Waals surface area contributed by atoms with Gasteiger partial charge < -0.3 is 20.1 Å². The van der Waals surface area contributed by atoms with E-state index < -0.39 is 6.03 Å². The average molecular weight is 606 g/mol. The first-order valence-electron chi connectivity index (χ1n) is 15.1. The van der Waals surface area contributed by atoms with Crippen LogP contribution in [0.4, 0.5) is 26.9 Å². The Morgan fingerprint density at radius 1 is 0.911 bits per heavy atom. The highest BCUT2D eigenvalue weighted by atomic mass is 16.5. The lowest BCUT2D eigenvalue weighted by molar-refractivity contribution is 0.222. The van der Waals surface area contributed by atoms with Gasteiger partial charge in [0.05, 0.1) is 17.1 Å². The number of hydrogen-bond donors (Lipinski definition) is 4. The number of likely N-dealkylation sites (tertiary alicyclic amines) is 1. The van der Waals surface area contributed by atoms with Crippen LogP contribution in [0.3, 0.4) is 0 Å². The summed E-state index contributed by atoms with van der Waals surface area (Å²) in [6.07, 6.45) is 6.40. The molecular formula is C34H35N7O4. The molecule has 1 aliphatic heterocycles. The van der Waals surface area contributed by atoms with Crippen molar-refractivity contribution in [3.63, 3.8) is 0 Å². The number of phenols is 1. The van der Waals surface area contributed by atoms with Crippen LogP contribution in [0.25, 0.3) is 16.5 Å². The molecule has 6 rings (SSSR count). The van der Waals surface area contributed by atoms with Crippen LogP contribution in [0.2, 0.25) is 0 Å². The molecule has 0 atom stereocenters. The number of aryl methyl sites for hydroxylation is 1. The maximum atomic E-state index is 13.3. The number of ether oxygens (including phenoxy) is 1. The first-order chi connectivity index (χ1) is 22.0. The fourth-order valence-corrected chi connectivity index (χ4v) is 5.31. The van der Waals surface area contributed by atoms with Crippen LogP contribution < -0.4 is 20.7 Å². The van der Waals surface area contributed by atoms with Crippen molar-refractivity contribution < 1.29 is 19.4 Å². The van der Waals surface area contributed by atoms with Gasteiger partial charge in [-0.3, -0.25) is 10.6 Å². The van der Waals surface area contributed by atoms with Gasteiger partial charge in [-0.1, -0.05) is 37.6 Å². The molecule has 5 aromatic rings. The number of aromatic hydroxyl groups is 1. The van der Waals surface area contributed by atoms with E-state index in [1.165, 1.54) is 0 Å². The average Bonchev–Trinajstić information content (AvgIpc) is 3.73. The van der Waals surface area contributed by atoms with E-state index in [0.29, 0.717) is 34.5 Å². The lowest BCUT2D eigenvalue weighted by Crippen LogP contribution is -2.32. The largest absolute Gasteiger partial charge is 0.508 e. The summed E-state index contributed by atoms with van der Waals surface area (Å²) >= 11 is 0. The maximum Gasteiger partial charge on any atom is 0.324 e. The predicted octanol–water partition coefficient (Wildman–Crippen LogP) is 7.53. The highest BCUT2D eigenvalue weighted by Gasteiger charge is 2.19. The van der Waals surface area contributed by atoms with Crippen molar-refractivity contribution in [2.24, 2.45) is 0 Å². The van der Waals surface area contributed by atoms with Gasteiger partial charge in [0.25, 0.3) is 0 Å². The predicted molar refractivity (Wildman–Crippen MR) is 175 cm³/mol. The Kier molecular flexibility index (Phi) is 8.77. The maximum absolute atomic E-state index is 13.3. The second-order valence-electron chi connectivity index (χ2n) is 10.9. The first kappa shape index (κ1) is 29.5. The topological polar surface area (TPSA) is 134 Å². The van der Waals surface area contributed by atoms with Gasteiger partial charge in [-0.25, -0.2) is 19.3 Å². The molecule has 1 aliphatic rings. The number of anilines is 3. The number of urea groups is 2. The van der Waals surface area contributed by atoms with Crippen LogP contribution in [0.5, 0.6) is 17.2 Å². The molecule has 0 bridgehead atoms. The van der Waals surface area contributed by atoms with Crippen molar-refractivity contribution in [2.45, 2.75) is 39.0 Å². The quantitative estimate of drug-likeness (QED) is 0.137. The van der Waals surface area contributed by atoms with E-state index in [1.807, 2.05) is 30.3 Å². The van der Waals surface area contributed by atoms with Crippen LogP contribution in [0.15, 0.2) is 85.1 Å². The number of amides is 4. The van der Waals surface area contributed by atoms with E-state index in [9.17, 15) is 14.7 Å². The Balaban J connectivity index is 1.20. The van der Waals surface area contributed by atoms with Gasteiger partial charge in [0.15, 0.2) is 0 Å². The summed E-state index contributed by atoms with van der Waals surface area (Å²) in [6.45, 7) is 3.61. The molecule has 11 heteroatoms. The molecule has 230 valence electrons. The molecule has 0 unspecified atom stereocenters. The van der Waals surface area contributed by atoms with E-state index in [0.717, 1.165) is 61.7 Å². The van der Waals surface area contributed by atoms with Crippen molar-refractivity contribution in [1.29, 1.82) is 0 Å². The molecule has 0 radical (unpaired) electrons. The molecule has 0 spiro atoms. The number of hydrogen-bond acceptors (Lipinski definition) is 6. The minimum Gasteiger partial charge on any atom is -0.508 e. The molecule has 3 aromatic carbocycles. The zero-order chi connectivity index (χ0) is 31.2. The number of benzene rings is 3. The number of aromatic nitrogens is 3. The summed E-state index contributed by atoms with van der Waals surface area (Å²) in [4.78, 5) is 31.9. The molecule has 0 aliphatic carbocycles. The Morgan fingerprint density at radius 3 is 2.47 bits per heavy atom. The van der Waals surface area contributed by atoms with Crippen LogP contribution in [0.1, 0.15) is 38.3 Å². The van der Waals surface area contributed by atoms with Gasteiger partial charge in [0.2, 0.25) is 0 Å². The fourth-order valence-electron chi connectivity index (χ4n) is 5.31. The Hall–Kier alpha value is -5.58. The van der Waals surface area contributed by atoms with Gasteiger partial charge in [-0.15, -0.1) is 0 Å². The van der Waals surface area contributed by atoms with E-state index in [1.54, 1.807) is 64.3 Å². The SMILES string of the molecule is CCCCc1cc(NC(=O)Nc2ccc(Oc3ccnc(NC(=O)N4CCCC4)c3)c3ccccc23)n(-c2ccc(O)cc2)n1. The number of unbranched alkanes of at least 4 members (excludes halogenated alkanes) is 1. The van der Waals surface area contributed by atoms with Gasteiger partial charge in [-0.05, 0) is 68.1 Å². The van der Waals surface area contributed by atoms with Crippen molar-refractivity contribution in [3.8, 4) is 22.9 Å². The lowest BCUT2D eigenvalue weighted by Gasteiger charge is -2.16. The molecular weight excluding hydrogens is 570 g/mol. The minimum atomic E-state index is -0.427. The number of nitrogens with one attached hydrogen (secondary N) is 3. The number of rotatable bonds is 9. The zero-order valence-corrected chi connectivity index (χ0v) is 25.0. The van der Waals surface area contributed by atoms with Crippen LogP contribution in [0, 0.1) is 0 Å². The van der Waals surface area contributed by atoms with Crippen molar-refractivity contribution in [3.05, 3.63) is 90.8 Å². The molecule has 4 N–H and O–H groups in total. The van der Waals surface area contributed by atoms with Gasteiger partial charge in [0.1, 0.15) is 28.9 Å². The van der Waals surface area contributed by atoms with Crippen LogP contribution in [-0.2, 0) is 6.42 Å². The highest BCUT2D eigenvalue weighted by molar-refractivity contribution is 6.07.